The molecule has 0 saturated carbocycles. The molecule has 2 heterocycles. The fourth-order valence-electron chi connectivity index (χ4n) is 1.93. The van der Waals surface area contributed by atoms with Crippen molar-refractivity contribution in [1.29, 1.82) is 0 Å². The van der Waals surface area contributed by atoms with Crippen LogP contribution in [0.5, 0.6) is 0 Å². The third kappa shape index (κ3) is 4.38. The van der Waals surface area contributed by atoms with Gasteiger partial charge < -0.3 is 9.84 Å². The number of aromatic nitrogens is 3. The van der Waals surface area contributed by atoms with Crippen molar-refractivity contribution in [3.05, 3.63) is 41.8 Å². The molecule has 0 spiro atoms. The molecule has 22 heavy (non-hydrogen) atoms. The largest absolute Gasteiger partial charge is 0.350 e. The van der Waals surface area contributed by atoms with Gasteiger partial charge in [0.05, 0.1) is 6.04 Å². The highest BCUT2D eigenvalue weighted by molar-refractivity contribution is 5.76. The van der Waals surface area contributed by atoms with Crippen LogP contribution in [0.1, 0.15) is 57.4 Å². The molecule has 0 fully saturated rings. The van der Waals surface area contributed by atoms with E-state index >= 15 is 0 Å². The lowest BCUT2D eigenvalue weighted by Crippen LogP contribution is -2.26. The number of amides is 1. The van der Waals surface area contributed by atoms with E-state index in [0.29, 0.717) is 24.6 Å². The van der Waals surface area contributed by atoms with Gasteiger partial charge in [-0.15, -0.1) is 0 Å². The molecule has 0 radical (unpaired) electrons. The summed E-state index contributed by atoms with van der Waals surface area (Å²) in [6.07, 6.45) is 4.19. The average molecular weight is 302 g/mol. The van der Waals surface area contributed by atoms with Crippen LogP contribution in [-0.2, 0) is 16.6 Å². The number of nitrogens with zero attached hydrogens (tertiary/aromatic N) is 3. The molecule has 0 aliphatic rings. The van der Waals surface area contributed by atoms with Crippen molar-refractivity contribution in [3.63, 3.8) is 0 Å². The molecule has 0 bridgehead atoms. The molecule has 0 aliphatic carbocycles. The predicted octanol–water partition coefficient (Wildman–Crippen LogP) is 2.57. The number of carbonyl (C=O) groups excluding carboxylic acids is 1. The first kappa shape index (κ1) is 16.1. The van der Waals surface area contributed by atoms with Gasteiger partial charge in [-0.05, 0) is 24.6 Å². The second-order valence-corrected chi connectivity index (χ2v) is 6.33. The third-order valence-corrected chi connectivity index (χ3v) is 3.29. The van der Waals surface area contributed by atoms with E-state index in [1.807, 2.05) is 39.8 Å². The second kappa shape index (κ2) is 6.68. The Kier molecular flexibility index (Phi) is 4.90. The normalized spacial score (nSPS) is 12.9. The first-order valence-electron chi connectivity index (χ1n) is 7.38. The van der Waals surface area contributed by atoms with Crippen LogP contribution >= 0.6 is 0 Å². The van der Waals surface area contributed by atoms with Crippen LogP contribution in [0.2, 0.25) is 0 Å². The molecule has 6 nitrogen and oxygen atoms in total. The van der Waals surface area contributed by atoms with Crippen LogP contribution in [0.4, 0.5) is 0 Å². The zero-order chi connectivity index (χ0) is 16.2. The van der Waals surface area contributed by atoms with Crippen LogP contribution < -0.4 is 5.32 Å². The van der Waals surface area contributed by atoms with Gasteiger partial charge in [-0.1, -0.05) is 25.9 Å². The lowest BCUT2D eigenvalue weighted by atomic mass is 9.96. The van der Waals surface area contributed by atoms with E-state index in [0.717, 1.165) is 5.56 Å². The first-order chi connectivity index (χ1) is 10.4. The molecule has 0 aromatic carbocycles. The van der Waals surface area contributed by atoms with Crippen molar-refractivity contribution in [1.82, 2.24) is 20.4 Å². The van der Waals surface area contributed by atoms with Crippen LogP contribution in [0, 0.1) is 0 Å². The fourth-order valence-corrected chi connectivity index (χ4v) is 1.93. The Morgan fingerprint density at radius 2 is 2.00 bits per heavy atom. The number of hydrogen-bond acceptors (Lipinski definition) is 5. The smallest absolute Gasteiger partial charge is 0.227 e. The van der Waals surface area contributed by atoms with Gasteiger partial charge >= 0.3 is 0 Å². The summed E-state index contributed by atoms with van der Waals surface area (Å²) in [4.78, 5) is 20.3. The Morgan fingerprint density at radius 1 is 1.32 bits per heavy atom. The van der Waals surface area contributed by atoms with Gasteiger partial charge in [-0.2, -0.15) is 4.98 Å². The van der Waals surface area contributed by atoms with Crippen molar-refractivity contribution >= 4 is 5.91 Å². The number of hydrogen-bond donors (Lipinski definition) is 1. The van der Waals surface area contributed by atoms with Crippen LogP contribution in [0.25, 0.3) is 0 Å². The van der Waals surface area contributed by atoms with Gasteiger partial charge in [0.1, 0.15) is 0 Å². The van der Waals surface area contributed by atoms with E-state index in [4.69, 9.17) is 4.52 Å². The lowest BCUT2D eigenvalue weighted by molar-refractivity contribution is -0.121. The number of nitrogens with one attached hydrogen (secondary N) is 1. The van der Waals surface area contributed by atoms with Gasteiger partial charge in [-0.3, -0.25) is 9.78 Å². The highest BCUT2D eigenvalue weighted by Gasteiger charge is 2.21. The Hall–Kier alpha value is -2.24. The monoisotopic (exact) mass is 302 g/mol. The van der Waals surface area contributed by atoms with Gasteiger partial charge in [-0.25, -0.2) is 0 Å². The summed E-state index contributed by atoms with van der Waals surface area (Å²) in [6.45, 7) is 8.00. The molecule has 6 heteroatoms. The zero-order valence-electron chi connectivity index (χ0n) is 13.5. The molecule has 2 rings (SSSR count). The molecule has 0 aliphatic heterocycles. The van der Waals surface area contributed by atoms with E-state index < -0.39 is 0 Å². The van der Waals surface area contributed by atoms with E-state index in [2.05, 4.69) is 20.4 Å². The van der Waals surface area contributed by atoms with Crippen LogP contribution in [0.3, 0.4) is 0 Å². The average Bonchev–Trinajstić information content (AvgIpc) is 2.95. The highest BCUT2D eigenvalue weighted by atomic mass is 16.5. The van der Waals surface area contributed by atoms with E-state index in [9.17, 15) is 4.79 Å². The minimum Gasteiger partial charge on any atom is -0.350 e. The SMILES string of the molecule is C[C@@H](NC(=O)CCc1nc(C(C)(C)C)no1)c1ccncc1. The lowest BCUT2D eigenvalue weighted by Gasteiger charge is -2.13. The van der Waals surface area contributed by atoms with Crippen LogP contribution in [0.15, 0.2) is 29.0 Å². The van der Waals surface area contributed by atoms with Crippen molar-refractivity contribution in [2.75, 3.05) is 0 Å². The molecular formula is C16H22N4O2. The van der Waals surface area contributed by atoms with Crippen molar-refractivity contribution in [2.24, 2.45) is 0 Å². The fraction of sp³-hybridized carbons (Fsp3) is 0.500. The molecule has 1 N–H and O–H groups in total. The summed E-state index contributed by atoms with van der Waals surface area (Å²) in [7, 11) is 0. The topological polar surface area (TPSA) is 80.9 Å². The van der Waals surface area contributed by atoms with Gasteiger partial charge in [0.2, 0.25) is 11.8 Å². The molecule has 2 aromatic rings. The number of aryl methyl sites for hydroxylation is 1. The Morgan fingerprint density at radius 3 is 2.59 bits per heavy atom. The van der Waals surface area contributed by atoms with Gasteiger partial charge in [0.25, 0.3) is 0 Å². The highest BCUT2D eigenvalue weighted by Crippen LogP contribution is 2.18. The minimum atomic E-state index is -0.153. The summed E-state index contributed by atoms with van der Waals surface area (Å²) >= 11 is 0. The predicted molar refractivity (Wildman–Crippen MR) is 82.1 cm³/mol. The zero-order valence-corrected chi connectivity index (χ0v) is 13.5. The number of rotatable bonds is 5. The molecule has 1 amide bonds. The summed E-state index contributed by atoms with van der Waals surface area (Å²) in [5, 5.41) is 6.90. The standard InChI is InChI=1S/C16H22N4O2/c1-11(12-7-9-17-10-8-12)18-13(21)5-6-14-19-15(20-22-14)16(2,3)4/h7-11H,5-6H2,1-4H3,(H,18,21)/t11-/m1/s1. The maximum Gasteiger partial charge on any atom is 0.227 e. The number of pyridine rings is 1. The molecular weight excluding hydrogens is 280 g/mol. The Balaban J connectivity index is 1.84. The Bertz CT molecular complexity index is 617. The Labute approximate surface area is 130 Å². The molecule has 1 atom stereocenters. The maximum atomic E-state index is 12.0. The summed E-state index contributed by atoms with van der Waals surface area (Å²) in [5.41, 5.74) is 0.871. The molecule has 118 valence electrons. The van der Waals surface area contributed by atoms with Crippen LogP contribution in [-0.4, -0.2) is 21.0 Å². The maximum absolute atomic E-state index is 12.0. The second-order valence-electron chi connectivity index (χ2n) is 6.33. The summed E-state index contributed by atoms with van der Waals surface area (Å²) in [6, 6.07) is 3.72. The van der Waals surface area contributed by atoms with Crippen molar-refractivity contribution in [2.45, 2.75) is 52.0 Å². The molecule has 0 unspecified atom stereocenters. The van der Waals surface area contributed by atoms with Gasteiger partial charge in [0, 0.05) is 30.7 Å². The summed E-state index contributed by atoms with van der Waals surface area (Å²) in [5.74, 6) is 1.12. The van der Waals surface area contributed by atoms with Gasteiger partial charge in [0.15, 0.2) is 5.82 Å². The molecule has 0 saturated heterocycles. The summed E-state index contributed by atoms with van der Waals surface area (Å²) < 4.78 is 5.18. The quantitative estimate of drug-likeness (QED) is 0.918. The van der Waals surface area contributed by atoms with Crippen molar-refractivity contribution < 1.29 is 9.32 Å². The van der Waals surface area contributed by atoms with E-state index in [1.54, 1.807) is 12.4 Å². The third-order valence-electron chi connectivity index (χ3n) is 3.29. The first-order valence-corrected chi connectivity index (χ1v) is 7.38. The van der Waals surface area contributed by atoms with E-state index in [-0.39, 0.29) is 17.4 Å². The number of carbonyl (C=O) groups is 1. The van der Waals surface area contributed by atoms with E-state index in [1.165, 1.54) is 0 Å². The molecule has 2 aromatic heterocycles. The van der Waals surface area contributed by atoms with Crippen molar-refractivity contribution in [3.8, 4) is 0 Å². The minimum absolute atomic E-state index is 0.0418.